The van der Waals surface area contributed by atoms with Crippen LogP contribution in [-0.4, -0.2) is 31.6 Å². The molecule has 1 aromatic rings. The lowest BCUT2D eigenvalue weighted by Crippen LogP contribution is -2.29. The van der Waals surface area contributed by atoms with Gasteiger partial charge in [-0.2, -0.15) is 4.39 Å². The van der Waals surface area contributed by atoms with E-state index >= 15 is 0 Å². The topological polar surface area (TPSA) is 110 Å². The predicted octanol–water partition coefficient (Wildman–Crippen LogP) is 1.42. The van der Waals surface area contributed by atoms with Crippen molar-refractivity contribution in [3.63, 3.8) is 0 Å². The molecule has 0 fully saturated rings. The third-order valence-corrected chi connectivity index (χ3v) is 4.52. The van der Waals surface area contributed by atoms with E-state index < -0.39 is 26.5 Å². The van der Waals surface area contributed by atoms with Gasteiger partial charge in [-0.15, -0.1) is 0 Å². The standard InChI is InChI=1S/C12H17FN2O5S/c1-2-9(5-6-16)8-14-21(19,20)10-3-4-11(13)12(7-10)15(17)18/h3-4,7,9,14,16H,2,5-6,8H2,1H3. The molecule has 7 nitrogen and oxygen atoms in total. The van der Waals surface area contributed by atoms with E-state index in [1.165, 1.54) is 0 Å². The Morgan fingerprint density at radius 2 is 2.14 bits per heavy atom. The maximum absolute atomic E-state index is 13.2. The first-order valence-electron chi connectivity index (χ1n) is 6.36. The number of nitrogens with zero attached hydrogens (tertiary/aromatic N) is 1. The Bertz CT molecular complexity index is 606. The second kappa shape index (κ2) is 7.43. The molecule has 0 saturated carbocycles. The molecule has 9 heteroatoms. The summed E-state index contributed by atoms with van der Waals surface area (Å²) in [4.78, 5) is 9.28. The van der Waals surface area contributed by atoms with Gasteiger partial charge in [-0.25, -0.2) is 13.1 Å². The highest BCUT2D eigenvalue weighted by molar-refractivity contribution is 7.89. The fourth-order valence-electron chi connectivity index (χ4n) is 1.74. The van der Waals surface area contributed by atoms with Crippen LogP contribution < -0.4 is 4.72 Å². The van der Waals surface area contributed by atoms with Crippen LogP contribution in [0.5, 0.6) is 0 Å². The third kappa shape index (κ3) is 4.73. The van der Waals surface area contributed by atoms with Crippen molar-refractivity contribution < 1.29 is 22.8 Å². The zero-order valence-electron chi connectivity index (χ0n) is 11.5. The quantitative estimate of drug-likeness (QED) is 0.556. The first-order chi connectivity index (χ1) is 9.81. The van der Waals surface area contributed by atoms with Gasteiger partial charge in [0.25, 0.3) is 0 Å². The molecule has 21 heavy (non-hydrogen) atoms. The second-order valence-electron chi connectivity index (χ2n) is 4.51. The largest absolute Gasteiger partial charge is 0.396 e. The number of aliphatic hydroxyl groups excluding tert-OH is 1. The van der Waals surface area contributed by atoms with Gasteiger partial charge >= 0.3 is 5.69 Å². The van der Waals surface area contributed by atoms with Crippen molar-refractivity contribution in [3.05, 3.63) is 34.1 Å². The number of benzene rings is 1. The number of nitro benzene ring substituents is 1. The van der Waals surface area contributed by atoms with Crippen LogP contribution in [0.15, 0.2) is 23.1 Å². The number of aliphatic hydroxyl groups is 1. The minimum absolute atomic E-state index is 0.0415. The van der Waals surface area contributed by atoms with Gasteiger partial charge in [-0.05, 0) is 24.5 Å². The number of nitrogens with one attached hydrogen (secondary N) is 1. The monoisotopic (exact) mass is 320 g/mol. The van der Waals surface area contributed by atoms with Crippen LogP contribution in [-0.2, 0) is 10.0 Å². The highest BCUT2D eigenvalue weighted by Crippen LogP contribution is 2.21. The average Bonchev–Trinajstić information content (AvgIpc) is 2.43. The Hall–Kier alpha value is -1.58. The maximum Gasteiger partial charge on any atom is 0.306 e. The van der Waals surface area contributed by atoms with Gasteiger partial charge in [-0.1, -0.05) is 13.3 Å². The van der Waals surface area contributed by atoms with Crippen molar-refractivity contribution in [2.75, 3.05) is 13.2 Å². The molecule has 0 aliphatic rings. The van der Waals surface area contributed by atoms with E-state index in [4.69, 9.17) is 5.11 Å². The molecule has 0 bridgehead atoms. The van der Waals surface area contributed by atoms with E-state index in [1.807, 2.05) is 6.92 Å². The molecule has 1 unspecified atom stereocenters. The Morgan fingerprint density at radius 3 is 2.67 bits per heavy atom. The lowest BCUT2D eigenvalue weighted by molar-refractivity contribution is -0.387. The highest BCUT2D eigenvalue weighted by Gasteiger charge is 2.22. The van der Waals surface area contributed by atoms with Crippen LogP contribution in [0, 0.1) is 21.8 Å². The minimum Gasteiger partial charge on any atom is -0.396 e. The Kier molecular flexibility index (Phi) is 6.19. The van der Waals surface area contributed by atoms with E-state index in [9.17, 15) is 22.9 Å². The third-order valence-electron chi connectivity index (χ3n) is 3.10. The molecule has 1 aromatic carbocycles. The minimum atomic E-state index is -3.96. The summed E-state index contributed by atoms with van der Waals surface area (Å²) in [7, 11) is -3.96. The van der Waals surface area contributed by atoms with Crippen LogP contribution in [0.1, 0.15) is 19.8 Å². The number of halogens is 1. The molecule has 2 N–H and O–H groups in total. The molecular formula is C12H17FN2O5S. The van der Waals surface area contributed by atoms with E-state index in [0.29, 0.717) is 18.9 Å². The van der Waals surface area contributed by atoms with Crippen molar-refractivity contribution in [3.8, 4) is 0 Å². The van der Waals surface area contributed by atoms with Crippen molar-refractivity contribution in [2.24, 2.45) is 5.92 Å². The second-order valence-corrected chi connectivity index (χ2v) is 6.28. The number of hydrogen-bond acceptors (Lipinski definition) is 5. The normalized spacial score (nSPS) is 13.1. The van der Waals surface area contributed by atoms with Gasteiger partial charge in [-0.3, -0.25) is 10.1 Å². The van der Waals surface area contributed by atoms with E-state index in [2.05, 4.69) is 4.72 Å². The fraction of sp³-hybridized carbons (Fsp3) is 0.500. The molecule has 0 aliphatic heterocycles. The van der Waals surface area contributed by atoms with Crippen LogP contribution in [0.3, 0.4) is 0 Å². The summed E-state index contributed by atoms with van der Waals surface area (Å²) >= 11 is 0. The van der Waals surface area contributed by atoms with Gasteiger partial charge in [0.05, 0.1) is 9.82 Å². The van der Waals surface area contributed by atoms with Gasteiger partial charge in [0.1, 0.15) is 0 Å². The van der Waals surface area contributed by atoms with Crippen molar-refractivity contribution in [1.82, 2.24) is 4.72 Å². The zero-order chi connectivity index (χ0) is 16.0. The van der Waals surface area contributed by atoms with Crippen LogP contribution >= 0.6 is 0 Å². The molecule has 0 spiro atoms. The Morgan fingerprint density at radius 1 is 1.48 bits per heavy atom. The lowest BCUT2D eigenvalue weighted by Gasteiger charge is -2.14. The summed E-state index contributed by atoms with van der Waals surface area (Å²) in [6.45, 7) is 1.91. The number of rotatable bonds is 8. The van der Waals surface area contributed by atoms with Gasteiger partial charge < -0.3 is 5.11 Å². The lowest BCUT2D eigenvalue weighted by atomic mass is 10.0. The van der Waals surface area contributed by atoms with Crippen molar-refractivity contribution in [1.29, 1.82) is 0 Å². The van der Waals surface area contributed by atoms with Gasteiger partial charge in [0, 0.05) is 19.2 Å². The predicted molar refractivity (Wildman–Crippen MR) is 73.7 cm³/mol. The SMILES string of the molecule is CCC(CCO)CNS(=O)(=O)c1ccc(F)c([N+](=O)[O-])c1. The molecular weight excluding hydrogens is 303 g/mol. The highest BCUT2D eigenvalue weighted by atomic mass is 32.2. The zero-order valence-corrected chi connectivity index (χ0v) is 12.3. The fourth-order valence-corrected chi connectivity index (χ4v) is 2.88. The maximum atomic E-state index is 13.2. The van der Waals surface area contributed by atoms with E-state index in [1.54, 1.807) is 0 Å². The molecule has 0 amide bonds. The molecule has 0 saturated heterocycles. The van der Waals surface area contributed by atoms with Crippen molar-refractivity contribution >= 4 is 15.7 Å². The van der Waals surface area contributed by atoms with E-state index in [-0.39, 0.29) is 24.0 Å². The molecule has 1 atom stereocenters. The number of nitro groups is 1. The molecule has 1 rings (SSSR count). The molecule has 0 heterocycles. The first-order valence-corrected chi connectivity index (χ1v) is 7.84. The molecule has 0 radical (unpaired) electrons. The average molecular weight is 320 g/mol. The summed E-state index contributed by atoms with van der Waals surface area (Å²) in [6.07, 6.45) is 1.12. The molecule has 118 valence electrons. The van der Waals surface area contributed by atoms with Crippen LogP contribution in [0.2, 0.25) is 0 Å². The molecule has 0 aliphatic carbocycles. The Labute approximate surface area is 122 Å². The van der Waals surface area contributed by atoms with Crippen LogP contribution in [0.25, 0.3) is 0 Å². The van der Waals surface area contributed by atoms with Crippen LogP contribution in [0.4, 0.5) is 10.1 Å². The summed E-state index contributed by atoms with van der Waals surface area (Å²) in [6, 6.07) is 2.40. The summed E-state index contributed by atoms with van der Waals surface area (Å²) in [5.74, 6) is -1.13. The Balaban J connectivity index is 2.93. The number of hydrogen-bond donors (Lipinski definition) is 2. The van der Waals surface area contributed by atoms with Gasteiger partial charge in [0.2, 0.25) is 15.8 Å². The van der Waals surface area contributed by atoms with Crippen molar-refractivity contribution in [2.45, 2.75) is 24.7 Å². The summed E-state index contributed by atoms with van der Waals surface area (Å²) < 4.78 is 39.6. The van der Waals surface area contributed by atoms with E-state index in [0.717, 1.165) is 12.1 Å². The summed E-state index contributed by atoms with van der Waals surface area (Å²) in [5.41, 5.74) is -0.889. The first kappa shape index (κ1) is 17.5. The smallest absolute Gasteiger partial charge is 0.306 e. The molecule has 0 aromatic heterocycles. The van der Waals surface area contributed by atoms with Gasteiger partial charge in [0.15, 0.2) is 0 Å². The summed E-state index contributed by atoms with van der Waals surface area (Å²) in [5, 5.41) is 19.5. The number of sulfonamides is 1.